The number of aliphatic carboxylic acids is 1. The van der Waals surface area contributed by atoms with Crippen LogP contribution in [0.2, 0.25) is 0 Å². The second kappa shape index (κ2) is 7.71. The van der Waals surface area contributed by atoms with Crippen molar-refractivity contribution in [3.8, 4) is 0 Å². The van der Waals surface area contributed by atoms with E-state index in [-0.39, 0.29) is 18.2 Å². The van der Waals surface area contributed by atoms with E-state index < -0.39 is 12.0 Å². The van der Waals surface area contributed by atoms with Gasteiger partial charge in [-0.05, 0) is 46.7 Å². The molecule has 1 fully saturated rings. The van der Waals surface area contributed by atoms with Gasteiger partial charge in [-0.2, -0.15) is 11.8 Å². The zero-order valence-electron chi connectivity index (χ0n) is 13.4. The molecular weight excluding hydrogens is 322 g/mol. The van der Waals surface area contributed by atoms with E-state index in [0.717, 1.165) is 40.7 Å². The largest absolute Gasteiger partial charge is 0.481 e. The molecule has 1 aliphatic heterocycles. The summed E-state index contributed by atoms with van der Waals surface area (Å²) < 4.78 is 0. The van der Waals surface area contributed by atoms with Gasteiger partial charge in [-0.15, -0.1) is 0 Å². The van der Waals surface area contributed by atoms with Crippen LogP contribution in [0.4, 0.5) is 0 Å². The Morgan fingerprint density at radius 1 is 1.12 bits per heavy atom. The molecule has 0 aliphatic carbocycles. The van der Waals surface area contributed by atoms with Gasteiger partial charge >= 0.3 is 5.97 Å². The molecule has 2 aromatic rings. The molecule has 2 N–H and O–H groups in total. The number of benzene rings is 2. The maximum absolute atomic E-state index is 12.5. The van der Waals surface area contributed by atoms with E-state index in [1.54, 1.807) is 0 Å². The second-order valence-corrected chi connectivity index (χ2v) is 7.38. The van der Waals surface area contributed by atoms with Gasteiger partial charge < -0.3 is 10.4 Å². The third-order valence-electron chi connectivity index (χ3n) is 4.46. The Bertz CT molecular complexity index is 740. The molecule has 0 spiro atoms. The third kappa shape index (κ3) is 4.09. The van der Waals surface area contributed by atoms with Gasteiger partial charge in [-0.1, -0.05) is 36.4 Å². The van der Waals surface area contributed by atoms with Crippen LogP contribution in [0.25, 0.3) is 10.8 Å². The Kier molecular flexibility index (Phi) is 5.41. The fourth-order valence-corrected chi connectivity index (χ4v) is 4.21. The number of amides is 1. The Hall–Kier alpha value is -2.01. The van der Waals surface area contributed by atoms with Gasteiger partial charge in [0.2, 0.25) is 5.91 Å². The van der Waals surface area contributed by atoms with Gasteiger partial charge in [0.05, 0.1) is 12.5 Å². The summed E-state index contributed by atoms with van der Waals surface area (Å²) >= 11 is 1.87. The molecule has 126 valence electrons. The zero-order chi connectivity index (χ0) is 16.9. The zero-order valence-corrected chi connectivity index (χ0v) is 14.2. The lowest BCUT2D eigenvalue weighted by molar-refractivity contribution is -0.138. The van der Waals surface area contributed by atoms with E-state index in [9.17, 15) is 14.7 Å². The normalized spacial score (nSPS) is 16.7. The van der Waals surface area contributed by atoms with E-state index in [2.05, 4.69) is 5.32 Å². The highest BCUT2D eigenvalue weighted by Crippen LogP contribution is 2.26. The van der Waals surface area contributed by atoms with Gasteiger partial charge in [0.1, 0.15) is 0 Å². The molecule has 4 nitrogen and oxygen atoms in total. The molecule has 1 saturated heterocycles. The molecule has 0 unspecified atom stereocenters. The lowest BCUT2D eigenvalue weighted by Gasteiger charge is -2.24. The van der Waals surface area contributed by atoms with Crippen LogP contribution >= 0.6 is 11.8 Å². The minimum absolute atomic E-state index is 0.00278. The summed E-state index contributed by atoms with van der Waals surface area (Å²) in [5, 5.41) is 14.3. The summed E-state index contributed by atoms with van der Waals surface area (Å²) in [7, 11) is 0. The number of thioether (sulfide) groups is 1. The molecule has 1 atom stereocenters. The lowest BCUT2D eigenvalue weighted by atomic mass is 9.97. The SMILES string of the molecule is O=C(O)C[C@H](NC(=O)C1CCSCC1)c1ccc2ccccc2c1. The molecule has 1 heterocycles. The van der Waals surface area contributed by atoms with Crippen molar-refractivity contribution in [3.05, 3.63) is 48.0 Å². The number of carboxylic acid groups (broad SMARTS) is 1. The van der Waals surface area contributed by atoms with E-state index in [1.807, 2.05) is 54.2 Å². The van der Waals surface area contributed by atoms with Gasteiger partial charge in [0.25, 0.3) is 0 Å². The molecule has 0 aromatic heterocycles. The Balaban J connectivity index is 1.81. The highest BCUT2D eigenvalue weighted by atomic mass is 32.2. The van der Waals surface area contributed by atoms with Gasteiger partial charge in [-0.3, -0.25) is 9.59 Å². The van der Waals surface area contributed by atoms with Crippen molar-refractivity contribution in [1.29, 1.82) is 0 Å². The van der Waals surface area contributed by atoms with Crippen LogP contribution in [0, 0.1) is 5.92 Å². The molecule has 24 heavy (non-hydrogen) atoms. The van der Waals surface area contributed by atoms with Crippen LogP contribution in [-0.2, 0) is 9.59 Å². The molecular formula is C19H21NO3S. The predicted molar refractivity (Wildman–Crippen MR) is 97.1 cm³/mol. The first-order valence-corrected chi connectivity index (χ1v) is 9.37. The summed E-state index contributed by atoms with van der Waals surface area (Å²) in [5.74, 6) is 1.07. The van der Waals surface area contributed by atoms with Crippen LogP contribution in [0.1, 0.15) is 30.9 Å². The van der Waals surface area contributed by atoms with Gasteiger partial charge in [0.15, 0.2) is 0 Å². The van der Waals surface area contributed by atoms with Gasteiger partial charge in [-0.25, -0.2) is 0 Å². The van der Waals surface area contributed by atoms with Crippen molar-refractivity contribution in [1.82, 2.24) is 5.32 Å². The van der Waals surface area contributed by atoms with Crippen molar-refractivity contribution in [2.24, 2.45) is 5.92 Å². The number of hydrogen-bond acceptors (Lipinski definition) is 3. The number of carboxylic acids is 1. The quantitative estimate of drug-likeness (QED) is 0.870. The monoisotopic (exact) mass is 343 g/mol. The molecule has 0 bridgehead atoms. The summed E-state index contributed by atoms with van der Waals surface area (Å²) in [5.41, 5.74) is 0.842. The standard InChI is InChI=1S/C19H21NO3S/c21-18(22)12-17(20-19(23)14-7-9-24-10-8-14)16-6-5-13-3-1-2-4-15(13)11-16/h1-6,11,14,17H,7-10,12H2,(H,20,23)(H,21,22)/t17-/m0/s1. The lowest BCUT2D eigenvalue weighted by Crippen LogP contribution is -2.36. The van der Waals surface area contributed by atoms with E-state index in [4.69, 9.17) is 0 Å². The Labute approximate surface area is 145 Å². The van der Waals surface area contributed by atoms with Crippen molar-refractivity contribution in [2.75, 3.05) is 11.5 Å². The average molecular weight is 343 g/mol. The Morgan fingerprint density at radius 2 is 1.83 bits per heavy atom. The van der Waals surface area contributed by atoms with E-state index in [0.29, 0.717) is 0 Å². The number of fused-ring (bicyclic) bond motifs is 1. The van der Waals surface area contributed by atoms with Crippen molar-refractivity contribution in [2.45, 2.75) is 25.3 Å². The maximum Gasteiger partial charge on any atom is 0.305 e. The van der Waals surface area contributed by atoms with Crippen LogP contribution in [0.3, 0.4) is 0 Å². The summed E-state index contributed by atoms with van der Waals surface area (Å²) in [6.07, 6.45) is 1.63. The third-order valence-corrected chi connectivity index (χ3v) is 5.51. The first-order chi connectivity index (χ1) is 11.6. The predicted octanol–water partition coefficient (Wildman–Crippen LogP) is 3.62. The number of nitrogens with one attached hydrogen (secondary N) is 1. The molecule has 1 amide bonds. The maximum atomic E-state index is 12.5. The second-order valence-electron chi connectivity index (χ2n) is 6.15. The number of hydrogen-bond donors (Lipinski definition) is 2. The van der Waals surface area contributed by atoms with Crippen molar-refractivity contribution < 1.29 is 14.7 Å². The molecule has 2 aromatic carbocycles. The number of carbonyl (C=O) groups is 2. The molecule has 5 heteroatoms. The van der Waals surface area contributed by atoms with Crippen LogP contribution in [-0.4, -0.2) is 28.5 Å². The highest BCUT2D eigenvalue weighted by Gasteiger charge is 2.25. The van der Waals surface area contributed by atoms with Crippen molar-refractivity contribution in [3.63, 3.8) is 0 Å². The fraction of sp³-hybridized carbons (Fsp3) is 0.368. The molecule has 0 saturated carbocycles. The average Bonchev–Trinajstić information content (AvgIpc) is 2.61. The molecule has 0 radical (unpaired) electrons. The first kappa shape index (κ1) is 16.8. The smallest absolute Gasteiger partial charge is 0.305 e. The van der Waals surface area contributed by atoms with Crippen LogP contribution < -0.4 is 5.32 Å². The summed E-state index contributed by atoms with van der Waals surface area (Å²) in [6, 6.07) is 13.3. The highest BCUT2D eigenvalue weighted by molar-refractivity contribution is 7.99. The summed E-state index contributed by atoms with van der Waals surface area (Å²) in [6.45, 7) is 0. The van der Waals surface area contributed by atoms with Gasteiger partial charge in [0, 0.05) is 5.92 Å². The number of carbonyl (C=O) groups excluding carboxylic acids is 1. The molecule has 3 rings (SSSR count). The van der Waals surface area contributed by atoms with E-state index >= 15 is 0 Å². The minimum Gasteiger partial charge on any atom is -0.481 e. The Morgan fingerprint density at radius 3 is 2.54 bits per heavy atom. The molecule has 1 aliphatic rings. The topological polar surface area (TPSA) is 66.4 Å². The summed E-state index contributed by atoms with van der Waals surface area (Å²) in [4.78, 5) is 23.8. The number of rotatable bonds is 5. The van der Waals surface area contributed by atoms with E-state index in [1.165, 1.54) is 0 Å². The fourth-order valence-electron chi connectivity index (χ4n) is 3.10. The van der Waals surface area contributed by atoms with Crippen molar-refractivity contribution >= 4 is 34.4 Å². The minimum atomic E-state index is -0.910. The van der Waals surface area contributed by atoms with Crippen LogP contribution in [0.15, 0.2) is 42.5 Å². The van der Waals surface area contributed by atoms with Crippen LogP contribution in [0.5, 0.6) is 0 Å². The first-order valence-electron chi connectivity index (χ1n) is 8.22.